The molecule has 1 fully saturated rings. The predicted octanol–water partition coefficient (Wildman–Crippen LogP) is 5.03. The third-order valence-electron chi connectivity index (χ3n) is 4.39. The van der Waals surface area contributed by atoms with Gasteiger partial charge in [0.1, 0.15) is 5.82 Å². The molecule has 1 aromatic carbocycles. The Morgan fingerprint density at radius 2 is 2.19 bits per heavy atom. The van der Waals surface area contributed by atoms with Crippen molar-refractivity contribution in [2.24, 2.45) is 0 Å². The van der Waals surface area contributed by atoms with E-state index < -0.39 is 0 Å². The van der Waals surface area contributed by atoms with Crippen LogP contribution in [0.5, 0.6) is 0 Å². The van der Waals surface area contributed by atoms with Gasteiger partial charge in [-0.1, -0.05) is 30.0 Å². The van der Waals surface area contributed by atoms with E-state index in [9.17, 15) is 10.1 Å². The lowest BCUT2D eigenvalue weighted by molar-refractivity contribution is -0.384. The molecular formula is C18H18N4O2S2. The molecule has 6 nitrogen and oxygen atoms in total. The van der Waals surface area contributed by atoms with Crippen molar-refractivity contribution in [1.29, 1.82) is 0 Å². The van der Waals surface area contributed by atoms with E-state index in [2.05, 4.69) is 39.2 Å². The minimum absolute atomic E-state index is 0.0613. The zero-order valence-corrected chi connectivity index (χ0v) is 15.9. The standard InChI is InChI=1S/C18H18N4O2S2/c1-12(13-4-2-5-15(10-13)22(23)24)26-18-20-19-17(21(18)14-7-8-14)11-16-6-3-9-25-16/h2-6,9-10,12,14H,7-8,11H2,1H3. The number of hydrogen-bond donors (Lipinski definition) is 0. The molecule has 0 N–H and O–H groups in total. The Morgan fingerprint density at radius 3 is 2.88 bits per heavy atom. The fourth-order valence-corrected chi connectivity index (χ4v) is 4.65. The summed E-state index contributed by atoms with van der Waals surface area (Å²) in [6.45, 7) is 2.05. The summed E-state index contributed by atoms with van der Waals surface area (Å²) in [5.74, 6) is 1.00. The molecule has 1 atom stereocenters. The van der Waals surface area contributed by atoms with Crippen LogP contribution in [0.3, 0.4) is 0 Å². The molecule has 0 radical (unpaired) electrons. The molecule has 1 aliphatic rings. The topological polar surface area (TPSA) is 73.8 Å². The van der Waals surface area contributed by atoms with Crippen molar-refractivity contribution < 1.29 is 4.92 Å². The maximum absolute atomic E-state index is 11.0. The number of aromatic nitrogens is 3. The van der Waals surface area contributed by atoms with E-state index in [1.807, 2.05) is 6.07 Å². The molecule has 8 heteroatoms. The fourth-order valence-electron chi connectivity index (χ4n) is 2.89. The smallest absolute Gasteiger partial charge is 0.269 e. The van der Waals surface area contributed by atoms with Gasteiger partial charge in [0, 0.05) is 34.7 Å². The minimum atomic E-state index is -0.354. The number of nitro benzene ring substituents is 1. The largest absolute Gasteiger partial charge is 0.303 e. The lowest BCUT2D eigenvalue weighted by atomic mass is 10.1. The van der Waals surface area contributed by atoms with Gasteiger partial charge in [-0.25, -0.2) is 0 Å². The Kier molecular flexibility index (Phi) is 4.78. The highest BCUT2D eigenvalue weighted by Gasteiger charge is 2.30. The van der Waals surface area contributed by atoms with E-state index in [0.29, 0.717) is 6.04 Å². The Labute approximate surface area is 159 Å². The van der Waals surface area contributed by atoms with Crippen molar-refractivity contribution >= 4 is 28.8 Å². The second kappa shape index (κ2) is 7.20. The molecule has 0 aliphatic heterocycles. The first-order valence-electron chi connectivity index (χ1n) is 8.49. The van der Waals surface area contributed by atoms with Crippen LogP contribution in [0.15, 0.2) is 46.9 Å². The fraction of sp³-hybridized carbons (Fsp3) is 0.333. The second-order valence-electron chi connectivity index (χ2n) is 6.37. The van der Waals surface area contributed by atoms with Gasteiger partial charge in [-0.3, -0.25) is 10.1 Å². The highest BCUT2D eigenvalue weighted by molar-refractivity contribution is 7.99. The zero-order chi connectivity index (χ0) is 18.1. The number of nitrogens with zero attached hydrogens (tertiary/aromatic N) is 4. The molecule has 2 heterocycles. The summed E-state index contributed by atoms with van der Waals surface area (Å²) in [6.07, 6.45) is 3.12. The highest BCUT2D eigenvalue weighted by atomic mass is 32.2. The molecule has 3 aromatic rings. The zero-order valence-electron chi connectivity index (χ0n) is 14.2. The van der Waals surface area contributed by atoms with Gasteiger partial charge in [-0.05, 0) is 36.8 Å². The van der Waals surface area contributed by atoms with Gasteiger partial charge < -0.3 is 4.57 Å². The Bertz CT molecular complexity index is 919. The van der Waals surface area contributed by atoms with Crippen molar-refractivity contribution in [3.8, 4) is 0 Å². The van der Waals surface area contributed by atoms with E-state index in [0.717, 1.165) is 35.8 Å². The van der Waals surface area contributed by atoms with E-state index in [1.54, 1.807) is 35.2 Å². The number of benzene rings is 1. The van der Waals surface area contributed by atoms with E-state index in [-0.39, 0.29) is 15.9 Å². The minimum Gasteiger partial charge on any atom is -0.303 e. The van der Waals surface area contributed by atoms with E-state index in [1.165, 1.54) is 10.9 Å². The van der Waals surface area contributed by atoms with Crippen molar-refractivity contribution in [2.45, 2.75) is 42.6 Å². The quantitative estimate of drug-likeness (QED) is 0.323. The first-order valence-corrected chi connectivity index (χ1v) is 10.2. The summed E-state index contributed by atoms with van der Waals surface area (Å²) in [7, 11) is 0. The lowest BCUT2D eigenvalue weighted by Gasteiger charge is -2.13. The van der Waals surface area contributed by atoms with Crippen molar-refractivity contribution in [3.63, 3.8) is 0 Å². The Morgan fingerprint density at radius 1 is 1.35 bits per heavy atom. The summed E-state index contributed by atoms with van der Waals surface area (Å²) < 4.78 is 2.26. The number of nitro groups is 1. The highest BCUT2D eigenvalue weighted by Crippen LogP contribution is 2.42. The van der Waals surface area contributed by atoms with Crippen molar-refractivity contribution in [3.05, 3.63) is 68.2 Å². The molecule has 4 rings (SSSR count). The Balaban J connectivity index is 1.57. The summed E-state index contributed by atoms with van der Waals surface area (Å²) >= 11 is 3.35. The predicted molar refractivity (Wildman–Crippen MR) is 103 cm³/mol. The normalized spacial score (nSPS) is 15.1. The molecule has 1 unspecified atom stereocenters. The van der Waals surface area contributed by atoms with Gasteiger partial charge in [0.15, 0.2) is 5.16 Å². The van der Waals surface area contributed by atoms with Crippen LogP contribution in [0.1, 0.15) is 47.3 Å². The third kappa shape index (κ3) is 3.66. The average Bonchev–Trinajstić information content (AvgIpc) is 3.20. The molecule has 0 amide bonds. The SMILES string of the molecule is CC(Sc1nnc(Cc2cccs2)n1C1CC1)c1cccc([N+](=O)[O-])c1. The molecule has 1 saturated carbocycles. The number of non-ortho nitro benzene ring substituents is 1. The number of rotatable bonds is 7. The van der Waals surface area contributed by atoms with E-state index >= 15 is 0 Å². The van der Waals surface area contributed by atoms with Gasteiger partial charge >= 0.3 is 0 Å². The number of thiophene rings is 1. The molecule has 26 heavy (non-hydrogen) atoms. The molecule has 0 spiro atoms. The van der Waals surface area contributed by atoms with E-state index in [4.69, 9.17) is 0 Å². The summed E-state index contributed by atoms with van der Waals surface area (Å²) in [4.78, 5) is 11.9. The molecule has 0 saturated heterocycles. The number of thioether (sulfide) groups is 1. The molecule has 2 aromatic heterocycles. The van der Waals surface area contributed by atoms with Crippen LogP contribution in [0.25, 0.3) is 0 Å². The molecule has 134 valence electrons. The van der Waals surface area contributed by atoms with Crippen LogP contribution in [0, 0.1) is 10.1 Å². The van der Waals surface area contributed by atoms with Gasteiger partial charge in [-0.15, -0.1) is 21.5 Å². The maximum Gasteiger partial charge on any atom is 0.269 e. The summed E-state index contributed by atoms with van der Waals surface area (Å²) in [6, 6.07) is 11.5. The van der Waals surface area contributed by atoms with Gasteiger partial charge in [0.05, 0.1) is 4.92 Å². The average molecular weight is 387 g/mol. The first-order chi connectivity index (χ1) is 12.6. The van der Waals surface area contributed by atoms with Crippen LogP contribution < -0.4 is 0 Å². The first kappa shape index (κ1) is 17.2. The molecule has 0 bridgehead atoms. The lowest BCUT2D eigenvalue weighted by Crippen LogP contribution is -2.04. The van der Waals surface area contributed by atoms with Crippen LogP contribution in [-0.4, -0.2) is 19.7 Å². The van der Waals surface area contributed by atoms with Crippen LogP contribution in [0.4, 0.5) is 5.69 Å². The summed E-state index contributed by atoms with van der Waals surface area (Å²) in [5, 5.41) is 22.9. The van der Waals surface area contributed by atoms with Crippen LogP contribution in [0.2, 0.25) is 0 Å². The Hall–Kier alpha value is -2.19. The van der Waals surface area contributed by atoms with Gasteiger partial charge in [0.2, 0.25) is 0 Å². The van der Waals surface area contributed by atoms with Crippen molar-refractivity contribution in [1.82, 2.24) is 14.8 Å². The maximum atomic E-state index is 11.0. The number of hydrogen-bond acceptors (Lipinski definition) is 6. The summed E-state index contributed by atoms with van der Waals surface area (Å²) in [5.41, 5.74) is 1.05. The second-order valence-corrected chi connectivity index (χ2v) is 8.71. The monoisotopic (exact) mass is 386 g/mol. The van der Waals surface area contributed by atoms with Crippen molar-refractivity contribution in [2.75, 3.05) is 0 Å². The third-order valence-corrected chi connectivity index (χ3v) is 6.38. The van der Waals surface area contributed by atoms with Crippen LogP contribution >= 0.6 is 23.1 Å². The molecular weight excluding hydrogens is 368 g/mol. The molecule has 1 aliphatic carbocycles. The van der Waals surface area contributed by atoms with Gasteiger partial charge in [0.25, 0.3) is 5.69 Å². The van der Waals surface area contributed by atoms with Crippen LogP contribution in [-0.2, 0) is 6.42 Å². The van der Waals surface area contributed by atoms with Gasteiger partial charge in [-0.2, -0.15) is 0 Å².